The van der Waals surface area contributed by atoms with Gasteiger partial charge in [0.25, 0.3) is 0 Å². The van der Waals surface area contributed by atoms with E-state index in [2.05, 4.69) is 67.6 Å². The third kappa shape index (κ3) is 3.06. The van der Waals surface area contributed by atoms with Crippen molar-refractivity contribution in [2.45, 2.75) is 13.3 Å². The van der Waals surface area contributed by atoms with Crippen LogP contribution in [0.3, 0.4) is 0 Å². The largest absolute Gasteiger partial charge is 0.496 e. The first-order chi connectivity index (χ1) is 13.8. The van der Waals surface area contributed by atoms with E-state index in [9.17, 15) is 5.11 Å². The van der Waals surface area contributed by atoms with Crippen molar-refractivity contribution in [2.75, 3.05) is 13.7 Å². The van der Waals surface area contributed by atoms with E-state index < -0.39 is 0 Å². The van der Waals surface area contributed by atoms with E-state index >= 15 is 0 Å². The molecular formula is C26H24O2. The highest BCUT2D eigenvalue weighted by Crippen LogP contribution is 2.47. The highest BCUT2D eigenvalue weighted by molar-refractivity contribution is 6.07. The number of hydrogen-bond acceptors (Lipinski definition) is 2. The predicted octanol–water partition coefficient (Wildman–Crippen LogP) is 6.07. The van der Waals surface area contributed by atoms with Crippen LogP contribution in [0, 0.1) is 0 Å². The minimum atomic E-state index is 0.00815. The minimum Gasteiger partial charge on any atom is -0.496 e. The van der Waals surface area contributed by atoms with Crippen molar-refractivity contribution in [3.05, 3.63) is 95.1 Å². The van der Waals surface area contributed by atoms with Gasteiger partial charge in [0.15, 0.2) is 0 Å². The van der Waals surface area contributed by atoms with Gasteiger partial charge in [0.2, 0.25) is 0 Å². The summed E-state index contributed by atoms with van der Waals surface area (Å²) in [4.78, 5) is 0. The van der Waals surface area contributed by atoms with Gasteiger partial charge in [-0.15, -0.1) is 0 Å². The molecule has 3 aromatic rings. The highest BCUT2D eigenvalue weighted by Gasteiger charge is 2.27. The molecule has 28 heavy (non-hydrogen) atoms. The molecule has 0 amide bonds. The zero-order valence-corrected chi connectivity index (χ0v) is 16.3. The molecule has 0 aromatic heterocycles. The summed E-state index contributed by atoms with van der Waals surface area (Å²) < 4.78 is 5.60. The third-order valence-corrected chi connectivity index (χ3v) is 5.38. The van der Waals surface area contributed by atoms with Crippen molar-refractivity contribution in [1.82, 2.24) is 0 Å². The Hall–Kier alpha value is -3.10. The van der Waals surface area contributed by atoms with Gasteiger partial charge in [0.1, 0.15) is 5.75 Å². The Morgan fingerprint density at radius 3 is 2.25 bits per heavy atom. The van der Waals surface area contributed by atoms with Gasteiger partial charge in [-0.25, -0.2) is 0 Å². The van der Waals surface area contributed by atoms with Gasteiger partial charge in [-0.2, -0.15) is 0 Å². The van der Waals surface area contributed by atoms with E-state index in [1.807, 2.05) is 18.2 Å². The van der Waals surface area contributed by atoms with E-state index in [1.54, 1.807) is 7.11 Å². The maximum absolute atomic E-state index is 10.1. The number of aliphatic hydroxyl groups excluding tert-OH is 1. The molecule has 2 heteroatoms. The Balaban J connectivity index is 1.94. The van der Waals surface area contributed by atoms with Gasteiger partial charge >= 0.3 is 0 Å². The number of ether oxygens (including phenoxy) is 1. The number of allylic oxidation sites excluding steroid dienone is 2. The lowest BCUT2D eigenvalue weighted by Gasteiger charge is -2.11. The summed E-state index contributed by atoms with van der Waals surface area (Å²) in [5.74, 6) is 0.812. The molecule has 0 saturated heterocycles. The molecule has 0 heterocycles. The smallest absolute Gasteiger partial charge is 0.127 e. The molecule has 0 saturated carbocycles. The molecule has 0 atom stereocenters. The van der Waals surface area contributed by atoms with Crippen molar-refractivity contribution < 1.29 is 9.84 Å². The Morgan fingerprint density at radius 1 is 0.821 bits per heavy atom. The maximum atomic E-state index is 10.1. The van der Waals surface area contributed by atoms with Crippen LogP contribution in [0.1, 0.15) is 30.0 Å². The standard InChI is InChI=1S/C26H24O2/c1-3-20-23(22-14-9-15-25(28-2)26(22)24(20)17-27)16-19-12-7-8-13-21(19)18-10-5-4-6-11-18/h4-16,27H,3,17H2,1-2H3/b23-16-. The molecule has 1 aliphatic rings. The molecule has 0 spiro atoms. The van der Waals surface area contributed by atoms with E-state index in [4.69, 9.17) is 4.74 Å². The van der Waals surface area contributed by atoms with Crippen LogP contribution in [0.15, 0.2) is 78.4 Å². The molecule has 1 aliphatic carbocycles. The first-order valence-corrected chi connectivity index (χ1v) is 9.65. The Labute approximate surface area is 166 Å². The second-order valence-electron chi connectivity index (χ2n) is 6.86. The van der Waals surface area contributed by atoms with Crippen LogP contribution in [-0.4, -0.2) is 18.8 Å². The minimum absolute atomic E-state index is 0.00815. The molecule has 0 fully saturated rings. The van der Waals surface area contributed by atoms with Gasteiger partial charge in [-0.3, -0.25) is 0 Å². The molecule has 2 nitrogen and oxygen atoms in total. The van der Waals surface area contributed by atoms with Crippen molar-refractivity contribution in [2.24, 2.45) is 0 Å². The van der Waals surface area contributed by atoms with Gasteiger partial charge in [-0.1, -0.05) is 73.7 Å². The summed E-state index contributed by atoms with van der Waals surface area (Å²) >= 11 is 0. The SMILES string of the molecule is CCC1=C(CO)c2c(OC)cccc2/C1=C\c1ccccc1-c1ccccc1. The van der Waals surface area contributed by atoms with Crippen LogP contribution in [0.2, 0.25) is 0 Å². The van der Waals surface area contributed by atoms with E-state index in [0.717, 1.165) is 28.9 Å². The van der Waals surface area contributed by atoms with E-state index in [1.165, 1.54) is 27.8 Å². The quantitative estimate of drug-likeness (QED) is 0.592. The molecule has 1 N–H and O–H groups in total. The summed E-state index contributed by atoms with van der Waals surface area (Å²) in [6.07, 6.45) is 3.11. The first-order valence-electron chi connectivity index (χ1n) is 9.65. The summed E-state index contributed by atoms with van der Waals surface area (Å²) in [5, 5.41) is 10.1. The lowest BCUT2D eigenvalue weighted by atomic mass is 9.94. The van der Waals surface area contributed by atoms with Crippen molar-refractivity contribution in [3.63, 3.8) is 0 Å². The van der Waals surface area contributed by atoms with E-state index in [-0.39, 0.29) is 6.61 Å². The first kappa shape index (κ1) is 18.3. The molecule has 3 aromatic carbocycles. The zero-order valence-electron chi connectivity index (χ0n) is 16.3. The van der Waals surface area contributed by atoms with Crippen molar-refractivity contribution >= 4 is 17.2 Å². The molecule has 0 bridgehead atoms. The third-order valence-electron chi connectivity index (χ3n) is 5.38. The molecule has 4 rings (SSSR count). The average Bonchev–Trinajstić information content (AvgIpc) is 3.07. The fourth-order valence-corrected chi connectivity index (χ4v) is 4.12. The lowest BCUT2D eigenvalue weighted by molar-refractivity contribution is 0.348. The molecule has 0 radical (unpaired) electrons. The maximum Gasteiger partial charge on any atom is 0.127 e. The van der Waals surface area contributed by atoms with Crippen LogP contribution >= 0.6 is 0 Å². The Morgan fingerprint density at radius 2 is 1.54 bits per heavy atom. The number of hydrogen-bond donors (Lipinski definition) is 1. The van der Waals surface area contributed by atoms with E-state index in [0.29, 0.717) is 0 Å². The van der Waals surface area contributed by atoms with Gasteiger partial charge in [-0.05, 0) is 57.5 Å². The number of aliphatic hydroxyl groups is 1. The lowest BCUT2D eigenvalue weighted by Crippen LogP contribution is -1.95. The van der Waals surface area contributed by atoms with Gasteiger partial charge < -0.3 is 9.84 Å². The van der Waals surface area contributed by atoms with Crippen molar-refractivity contribution in [3.8, 4) is 16.9 Å². The number of methoxy groups -OCH3 is 1. The fraction of sp³-hybridized carbons (Fsp3) is 0.154. The summed E-state index contributed by atoms with van der Waals surface area (Å²) in [6, 6.07) is 25.0. The Kier molecular flexibility index (Phi) is 5.14. The number of fused-ring (bicyclic) bond motifs is 1. The van der Waals surface area contributed by atoms with Crippen molar-refractivity contribution in [1.29, 1.82) is 0 Å². The molecular weight excluding hydrogens is 344 g/mol. The number of benzene rings is 3. The summed E-state index contributed by atoms with van der Waals surface area (Å²) in [6.45, 7) is 2.15. The van der Waals surface area contributed by atoms with Crippen LogP contribution in [0.5, 0.6) is 5.75 Å². The second kappa shape index (κ2) is 7.87. The van der Waals surface area contributed by atoms with Crippen LogP contribution in [0.4, 0.5) is 0 Å². The normalized spacial score (nSPS) is 14.5. The van der Waals surface area contributed by atoms with Gasteiger partial charge in [0, 0.05) is 5.56 Å². The topological polar surface area (TPSA) is 29.5 Å². The monoisotopic (exact) mass is 368 g/mol. The molecule has 0 aliphatic heterocycles. The van der Waals surface area contributed by atoms with Gasteiger partial charge in [0.05, 0.1) is 13.7 Å². The second-order valence-corrected chi connectivity index (χ2v) is 6.86. The highest BCUT2D eigenvalue weighted by atomic mass is 16.5. The van der Waals surface area contributed by atoms with Crippen LogP contribution in [-0.2, 0) is 0 Å². The average molecular weight is 368 g/mol. The zero-order chi connectivity index (χ0) is 19.5. The summed E-state index contributed by atoms with van der Waals surface area (Å²) in [7, 11) is 1.68. The number of rotatable bonds is 5. The predicted molar refractivity (Wildman–Crippen MR) is 117 cm³/mol. The van der Waals surface area contributed by atoms with Crippen LogP contribution < -0.4 is 4.74 Å². The molecule has 140 valence electrons. The fourth-order valence-electron chi connectivity index (χ4n) is 4.12. The molecule has 0 unspecified atom stereocenters. The van der Waals surface area contributed by atoms with Crippen LogP contribution in [0.25, 0.3) is 28.3 Å². The Bertz CT molecular complexity index is 1060. The summed E-state index contributed by atoms with van der Waals surface area (Å²) in [5.41, 5.74) is 9.04.